The zero-order chi connectivity index (χ0) is 28.4. The van der Waals surface area contributed by atoms with Crippen LogP contribution in [-0.4, -0.2) is 38.1 Å². The zero-order valence-corrected chi connectivity index (χ0v) is 24.4. The van der Waals surface area contributed by atoms with Crippen LogP contribution in [0.1, 0.15) is 40.4 Å². The van der Waals surface area contributed by atoms with Gasteiger partial charge in [0, 0.05) is 23.1 Å². The molecule has 0 aliphatic heterocycles. The summed E-state index contributed by atoms with van der Waals surface area (Å²) in [5.41, 5.74) is 8.09. The number of hydrogen-bond acceptors (Lipinski definition) is 8. The second-order valence-corrected chi connectivity index (χ2v) is 12.0. The molecule has 0 bridgehead atoms. The lowest BCUT2D eigenvalue weighted by atomic mass is 10.1. The molecule has 0 radical (unpaired) electrons. The van der Waals surface area contributed by atoms with Gasteiger partial charge in [-0.3, -0.25) is 4.52 Å². The number of benzene rings is 2. The van der Waals surface area contributed by atoms with Crippen molar-refractivity contribution in [2.24, 2.45) is 5.92 Å². The Kier molecular flexibility index (Phi) is 8.85. The molecule has 1 unspecified atom stereocenters. The van der Waals surface area contributed by atoms with Gasteiger partial charge >= 0.3 is 7.75 Å². The molecule has 3 atom stereocenters. The molecule has 2 aromatic carbocycles. The molecular weight excluding hydrogens is 541 g/mol. The number of ether oxygens (including phenoxy) is 1. The molecule has 0 saturated heterocycles. The Bertz CT molecular complexity index is 1490. The Labute approximate surface area is 233 Å². The second-order valence-electron chi connectivity index (χ2n) is 9.93. The van der Waals surface area contributed by atoms with Gasteiger partial charge in [0.25, 0.3) is 0 Å². The standard InChI is InChI=1S/C27H35ClN5O5P/c1-6-36-15-23-31-24-25(21-9-7-8-10-22(21)30-26(24)29)33(23)16-27(5,34)38-39(35,32-18(4)17(2)3)37-20-13-11-19(28)12-14-20/h7-14,17-18,34H,6,15-16H2,1-5H3,(H2,29,30)(H,32,35)/t18-,27+,39?/m0/s1. The number of nitrogen functional groups attached to an aromatic ring is 1. The number of nitrogens with two attached hydrogens (primary N) is 1. The van der Waals surface area contributed by atoms with Crippen molar-refractivity contribution < 1.29 is 23.5 Å². The third-order valence-electron chi connectivity index (χ3n) is 6.29. The summed E-state index contributed by atoms with van der Waals surface area (Å²) in [5, 5.41) is 15.8. The summed E-state index contributed by atoms with van der Waals surface area (Å²) in [6.07, 6.45) is 0. The van der Waals surface area contributed by atoms with Crippen LogP contribution in [0.5, 0.6) is 5.75 Å². The van der Waals surface area contributed by atoms with Crippen molar-refractivity contribution in [2.45, 2.75) is 59.6 Å². The molecule has 0 saturated carbocycles. The molecule has 39 heavy (non-hydrogen) atoms. The first-order chi connectivity index (χ1) is 18.4. The van der Waals surface area contributed by atoms with E-state index in [9.17, 15) is 9.67 Å². The Morgan fingerprint density at radius 2 is 1.85 bits per heavy atom. The van der Waals surface area contributed by atoms with Gasteiger partial charge in [0.2, 0.25) is 0 Å². The quantitative estimate of drug-likeness (QED) is 0.139. The first-order valence-corrected chi connectivity index (χ1v) is 14.7. The predicted octanol–water partition coefficient (Wildman–Crippen LogP) is 5.90. The van der Waals surface area contributed by atoms with E-state index in [-0.39, 0.29) is 36.7 Å². The average Bonchev–Trinajstić information content (AvgIpc) is 3.21. The monoisotopic (exact) mass is 575 g/mol. The number of imidazole rings is 1. The fraction of sp³-hybridized carbons (Fsp3) is 0.407. The number of nitrogens with one attached hydrogen (secondary N) is 1. The molecule has 4 rings (SSSR count). The van der Waals surface area contributed by atoms with Crippen molar-refractivity contribution in [3.63, 3.8) is 0 Å². The maximum absolute atomic E-state index is 14.1. The maximum atomic E-state index is 14.1. The van der Waals surface area contributed by atoms with Crippen molar-refractivity contribution in [1.29, 1.82) is 0 Å². The van der Waals surface area contributed by atoms with Crippen molar-refractivity contribution in [3.05, 3.63) is 59.4 Å². The van der Waals surface area contributed by atoms with Crippen LogP contribution < -0.4 is 15.3 Å². The topological polar surface area (TPSA) is 134 Å². The number of nitrogens with zero attached hydrogens (tertiary/aromatic N) is 3. The van der Waals surface area contributed by atoms with Gasteiger partial charge in [0.15, 0.2) is 11.6 Å². The van der Waals surface area contributed by atoms with Crippen LogP contribution in [0.4, 0.5) is 5.82 Å². The molecule has 0 aliphatic carbocycles. The van der Waals surface area contributed by atoms with Gasteiger partial charge < -0.3 is 24.7 Å². The lowest BCUT2D eigenvalue weighted by Gasteiger charge is -2.32. The number of anilines is 1. The van der Waals surface area contributed by atoms with Crippen LogP contribution >= 0.6 is 19.3 Å². The van der Waals surface area contributed by atoms with Gasteiger partial charge in [-0.2, -0.15) is 0 Å². The number of hydrogen-bond donors (Lipinski definition) is 3. The molecule has 0 amide bonds. The van der Waals surface area contributed by atoms with Crippen molar-refractivity contribution >= 4 is 47.1 Å². The molecule has 0 spiro atoms. The Hall–Kier alpha value is -2.72. The van der Waals surface area contributed by atoms with E-state index in [1.165, 1.54) is 6.92 Å². The molecule has 2 aromatic heterocycles. The summed E-state index contributed by atoms with van der Waals surface area (Å²) >= 11 is 6.00. The number of aliphatic hydroxyl groups is 1. The molecule has 210 valence electrons. The molecule has 10 nitrogen and oxygen atoms in total. The molecule has 4 aromatic rings. The van der Waals surface area contributed by atoms with E-state index in [1.54, 1.807) is 28.8 Å². The second kappa shape index (κ2) is 11.8. The fourth-order valence-corrected chi connectivity index (χ4v) is 6.10. The zero-order valence-electron chi connectivity index (χ0n) is 22.7. The van der Waals surface area contributed by atoms with E-state index in [4.69, 9.17) is 31.1 Å². The van der Waals surface area contributed by atoms with Gasteiger partial charge in [-0.15, -0.1) is 0 Å². The Morgan fingerprint density at radius 3 is 2.51 bits per heavy atom. The summed E-state index contributed by atoms with van der Waals surface area (Å²) in [6, 6.07) is 13.7. The molecule has 4 N–H and O–H groups in total. The third-order valence-corrected chi connectivity index (χ3v) is 8.35. The highest BCUT2D eigenvalue weighted by molar-refractivity contribution is 7.52. The number of pyridine rings is 1. The Morgan fingerprint density at radius 1 is 1.15 bits per heavy atom. The van der Waals surface area contributed by atoms with Crippen LogP contribution in [0.3, 0.4) is 0 Å². The number of para-hydroxylation sites is 1. The van der Waals surface area contributed by atoms with Gasteiger partial charge in [0.05, 0.1) is 17.6 Å². The number of fused-ring (bicyclic) bond motifs is 3. The van der Waals surface area contributed by atoms with Gasteiger partial charge in [0.1, 0.15) is 23.7 Å². The van der Waals surface area contributed by atoms with Crippen LogP contribution in [-0.2, 0) is 27.0 Å². The SMILES string of the molecule is CCOCc1nc2c(N)nc3ccccc3c2n1C[C@](C)(O)OP(=O)(N[C@@H](C)C(C)C)Oc1ccc(Cl)cc1. The molecule has 2 heterocycles. The van der Waals surface area contributed by atoms with E-state index < -0.39 is 13.5 Å². The lowest BCUT2D eigenvalue weighted by molar-refractivity contribution is -0.137. The normalized spacial score (nSPS) is 15.9. The molecule has 12 heteroatoms. The predicted molar refractivity (Wildman–Crippen MR) is 154 cm³/mol. The summed E-state index contributed by atoms with van der Waals surface area (Å²) < 4.78 is 33.3. The number of halogens is 1. The lowest BCUT2D eigenvalue weighted by Crippen LogP contribution is -2.39. The summed E-state index contributed by atoms with van der Waals surface area (Å²) in [4.78, 5) is 9.16. The van der Waals surface area contributed by atoms with Crippen molar-refractivity contribution in [3.8, 4) is 5.75 Å². The highest BCUT2D eigenvalue weighted by atomic mass is 35.5. The van der Waals surface area contributed by atoms with Gasteiger partial charge in [-0.25, -0.2) is 19.6 Å². The van der Waals surface area contributed by atoms with E-state index in [1.807, 2.05) is 52.0 Å². The van der Waals surface area contributed by atoms with E-state index in [0.29, 0.717) is 34.0 Å². The highest BCUT2D eigenvalue weighted by Crippen LogP contribution is 2.49. The summed E-state index contributed by atoms with van der Waals surface area (Å²) in [5.74, 6) is -0.823. The highest BCUT2D eigenvalue weighted by Gasteiger charge is 2.39. The van der Waals surface area contributed by atoms with Crippen LogP contribution in [0.15, 0.2) is 48.5 Å². The fourth-order valence-electron chi connectivity index (χ4n) is 4.06. The van der Waals surface area contributed by atoms with Crippen molar-refractivity contribution in [2.75, 3.05) is 12.3 Å². The molecule has 0 fully saturated rings. The minimum atomic E-state index is -4.11. The minimum Gasteiger partial charge on any atom is -0.413 e. The summed E-state index contributed by atoms with van der Waals surface area (Å²) in [6.45, 7) is 9.60. The Balaban J connectivity index is 1.75. The number of aromatic nitrogens is 3. The smallest absolute Gasteiger partial charge is 0.413 e. The van der Waals surface area contributed by atoms with Crippen LogP contribution in [0.25, 0.3) is 21.9 Å². The molecular formula is C27H35ClN5O5P. The van der Waals surface area contributed by atoms with Gasteiger partial charge in [-0.1, -0.05) is 43.6 Å². The van der Waals surface area contributed by atoms with Crippen LogP contribution in [0.2, 0.25) is 5.02 Å². The minimum absolute atomic E-state index is 0.109. The maximum Gasteiger partial charge on any atom is 0.461 e. The largest absolute Gasteiger partial charge is 0.461 e. The van der Waals surface area contributed by atoms with E-state index in [0.717, 1.165) is 5.39 Å². The first kappa shape index (κ1) is 29.3. The first-order valence-electron chi connectivity index (χ1n) is 12.8. The average molecular weight is 576 g/mol. The van der Waals surface area contributed by atoms with Crippen LogP contribution in [0, 0.1) is 5.92 Å². The van der Waals surface area contributed by atoms with E-state index >= 15 is 0 Å². The molecule has 0 aliphatic rings. The third kappa shape index (κ3) is 6.90. The van der Waals surface area contributed by atoms with E-state index in [2.05, 4.69) is 15.1 Å². The summed E-state index contributed by atoms with van der Waals surface area (Å²) in [7, 11) is -4.11. The van der Waals surface area contributed by atoms with Crippen molar-refractivity contribution in [1.82, 2.24) is 19.6 Å². The number of rotatable bonds is 12. The van der Waals surface area contributed by atoms with Gasteiger partial charge in [-0.05, 0) is 57.0 Å².